The molecule has 1 aromatic rings. The number of H-pyrrole nitrogens is 1. The van der Waals surface area contributed by atoms with Crippen molar-refractivity contribution >= 4 is 12.7 Å². The third kappa shape index (κ3) is 0.644. The van der Waals surface area contributed by atoms with Crippen molar-refractivity contribution in [2.75, 3.05) is 0 Å². The van der Waals surface area contributed by atoms with E-state index in [-0.39, 0.29) is 0 Å². The lowest BCUT2D eigenvalue weighted by Gasteiger charge is -1.65. The Labute approximate surface area is 47.5 Å². The molecule has 0 saturated carbocycles. The first-order chi connectivity index (χ1) is 3.84. The molecule has 0 aromatic carbocycles. The molecule has 8 heavy (non-hydrogen) atoms. The molecule has 0 bridgehead atoms. The number of nitrogens with zero attached hydrogens (tertiary/aromatic N) is 1. The first-order valence-electron chi connectivity index (χ1n) is 2.49. The van der Waals surface area contributed by atoms with Gasteiger partial charge in [-0.05, 0) is 6.92 Å². The molecule has 1 rings (SSSR count). The monoisotopic (exact) mass is 108 g/mol. The van der Waals surface area contributed by atoms with Crippen LogP contribution in [0.1, 0.15) is 6.92 Å². The van der Waals surface area contributed by atoms with Crippen LogP contribution in [-0.2, 0) is 0 Å². The fraction of sp³-hybridized carbons (Fsp3) is 0.167. The Morgan fingerprint density at radius 3 is 2.88 bits per heavy atom. The van der Waals surface area contributed by atoms with Crippen LogP contribution >= 0.6 is 0 Å². The average Bonchev–Trinajstić information content (AvgIpc) is 2.14. The molecule has 0 unspecified atom stereocenters. The molecule has 2 nitrogen and oxygen atoms in total. The van der Waals surface area contributed by atoms with Crippen LogP contribution in [0, 0.1) is 0 Å². The molecule has 0 aliphatic carbocycles. The molecule has 0 fully saturated rings. The Bertz CT molecular complexity index is 258. The molecule has 42 valence electrons. The van der Waals surface area contributed by atoms with Gasteiger partial charge in [0.1, 0.15) is 0 Å². The maximum Gasteiger partial charge on any atom is 0.0575 e. The van der Waals surface area contributed by atoms with E-state index in [0.717, 1.165) is 10.6 Å². The standard InChI is InChI=1S/C6H8N2/c1-3-6-4-7-8-5(6)2/h3-4,8H,2H2,1H3/b6-3-. The highest BCUT2D eigenvalue weighted by molar-refractivity contribution is 5.17. The van der Waals surface area contributed by atoms with Crippen molar-refractivity contribution in [2.45, 2.75) is 6.92 Å². The minimum atomic E-state index is 0.882. The molecule has 1 N–H and O–H groups in total. The number of hydrogen-bond donors (Lipinski definition) is 1. The van der Waals surface area contributed by atoms with Gasteiger partial charge in [-0.2, -0.15) is 5.10 Å². The highest BCUT2D eigenvalue weighted by atomic mass is 15.1. The van der Waals surface area contributed by atoms with Gasteiger partial charge in [0.15, 0.2) is 0 Å². The summed E-state index contributed by atoms with van der Waals surface area (Å²) in [7, 11) is 0. The van der Waals surface area contributed by atoms with Gasteiger partial charge in [0, 0.05) is 5.22 Å². The quantitative estimate of drug-likeness (QED) is 0.482. The number of aromatic nitrogens is 2. The molecular weight excluding hydrogens is 100 g/mol. The lowest BCUT2D eigenvalue weighted by Crippen LogP contribution is -2.18. The van der Waals surface area contributed by atoms with Gasteiger partial charge in [-0.25, -0.2) is 0 Å². The van der Waals surface area contributed by atoms with Gasteiger partial charge in [-0.15, -0.1) is 0 Å². The van der Waals surface area contributed by atoms with Gasteiger partial charge < -0.3 is 0 Å². The molecule has 0 atom stereocenters. The summed E-state index contributed by atoms with van der Waals surface area (Å²) in [4.78, 5) is 0. The Kier molecular flexibility index (Phi) is 1.16. The number of hydrogen-bond acceptors (Lipinski definition) is 1. The molecule has 0 aliphatic rings. The summed E-state index contributed by atoms with van der Waals surface area (Å²) in [5.74, 6) is 0. The van der Waals surface area contributed by atoms with Gasteiger partial charge in [0.2, 0.25) is 0 Å². The van der Waals surface area contributed by atoms with E-state index in [1.165, 1.54) is 0 Å². The number of rotatable bonds is 0. The van der Waals surface area contributed by atoms with E-state index in [0.29, 0.717) is 0 Å². The number of nitrogens with one attached hydrogen (secondary N) is 1. The van der Waals surface area contributed by atoms with E-state index in [1.54, 1.807) is 6.20 Å². The van der Waals surface area contributed by atoms with E-state index in [2.05, 4.69) is 16.8 Å². The second kappa shape index (κ2) is 1.82. The highest BCUT2D eigenvalue weighted by Crippen LogP contribution is 1.53. The predicted molar refractivity (Wildman–Crippen MR) is 33.5 cm³/mol. The van der Waals surface area contributed by atoms with Gasteiger partial charge in [-0.3, -0.25) is 5.10 Å². The minimum Gasteiger partial charge on any atom is -0.278 e. The molecule has 0 aliphatic heterocycles. The van der Waals surface area contributed by atoms with Crippen LogP contribution in [0.15, 0.2) is 6.20 Å². The molecule has 0 saturated heterocycles. The topological polar surface area (TPSA) is 28.7 Å². The Balaban J connectivity index is 3.55. The van der Waals surface area contributed by atoms with Gasteiger partial charge in [-0.1, -0.05) is 12.7 Å². The van der Waals surface area contributed by atoms with Crippen molar-refractivity contribution in [1.29, 1.82) is 0 Å². The summed E-state index contributed by atoms with van der Waals surface area (Å²) >= 11 is 0. The predicted octanol–water partition coefficient (Wildman–Crippen LogP) is -0.380. The fourth-order valence-electron chi connectivity index (χ4n) is 0.571. The highest BCUT2D eigenvalue weighted by Gasteiger charge is 1.76. The third-order valence-electron chi connectivity index (χ3n) is 1.06. The van der Waals surface area contributed by atoms with Crippen molar-refractivity contribution in [2.24, 2.45) is 0 Å². The van der Waals surface area contributed by atoms with E-state index in [1.807, 2.05) is 13.0 Å². The summed E-state index contributed by atoms with van der Waals surface area (Å²) in [5, 5.41) is 8.46. The zero-order valence-corrected chi connectivity index (χ0v) is 4.81. The Morgan fingerprint density at radius 1 is 1.88 bits per heavy atom. The Hall–Kier alpha value is -1.05. The largest absolute Gasteiger partial charge is 0.278 e. The van der Waals surface area contributed by atoms with Gasteiger partial charge in [0.25, 0.3) is 0 Å². The average molecular weight is 108 g/mol. The van der Waals surface area contributed by atoms with Crippen LogP contribution in [0.3, 0.4) is 0 Å². The molecule has 0 spiro atoms. The lowest BCUT2D eigenvalue weighted by atomic mass is 10.4. The van der Waals surface area contributed by atoms with E-state index >= 15 is 0 Å². The van der Waals surface area contributed by atoms with Crippen LogP contribution in [0.4, 0.5) is 0 Å². The van der Waals surface area contributed by atoms with Crippen LogP contribution in [0.2, 0.25) is 0 Å². The maximum absolute atomic E-state index is 3.77. The summed E-state index contributed by atoms with van der Waals surface area (Å²) < 4.78 is 0. The van der Waals surface area contributed by atoms with Crippen LogP contribution in [0.25, 0.3) is 12.7 Å². The minimum absolute atomic E-state index is 0.882. The van der Waals surface area contributed by atoms with E-state index in [9.17, 15) is 0 Å². The van der Waals surface area contributed by atoms with Crippen molar-refractivity contribution in [1.82, 2.24) is 10.2 Å². The molecule has 0 amide bonds. The summed E-state index contributed by atoms with van der Waals surface area (Å²) in [6.07, 6.45) is 3.72. The van der Waals surface area contributed by atoms with Crippen LogP contribution < -0.4 is 10.6 Å². The normalized spacial score (nSPS) is 12.4. The third-order valence-corrected chi connectivity index (χ3v) is 1.06. The number of aromatic amines is 1. The van der Waals surface area contributed by atoms with Crippen molar-refractivity contribution < 1.29 is 0 Å². The molecular formula is C6H8N2. The SMILES string of the molecule is C=c1[nH]nc/c1=C/C. The second-order valence-electron chi connectivity index (χ2n) is 1.59. The molecule has 1 heterocycles. The summed E-state index contributed by atoms with van der Waals surface area (Å²) in [5.41, 5.74) is 0. The lowest BCUT2D eigenvalue weighted by molar-refractivity contribution is 1.06. The molecule has 0 radical (unpaired) electrons. The van der Waals surface area contributed by atoms with E-state index < -0.39 is 0 Å². The summed E-state index contributed by atoms with van der Waals surface area (Å²) in [6, 6.07) is 0. The van der Waals surface area contributed by atoms with Crippen molar-refractivity contribution in [3.05, 3.63) is 16.8 Å². The van der Waals surface area contributed by atoms with Crippen molar-refractivity contribution in [3.63, 3.8) is 0 Å². The zero-order valence-electron chi connectivity index (χ0n) is 4.81. The molecule has 2 heteroatoms. The second-order valence-corrected chi connectivity index (χ2v) is 1.59. The van der Waals surface area contributed by atoms with Crippen molar-refractivity contribution in [3.8, 4) is 0 Å². The maximum atomic E-state index is 3.77. The van der Waals surface area contributed by atoms with Crippen LogP contribution in [0.5, 0.6) is 0 Å². The Morgan fingerprint density at radius 2 is 2.62 bits per heavy atom. The smallest absolute Gasteiger partial charge is 0.0575 e. The van der Waals surface area contributed by atoms with Gasteiger partial charge >= 0.3 is 0 Å². The molecule has 1 aromatic heterocycles. The van der Waals surface area contributed by atoms with E-state index in [4.69, 9.17) is 0 Å². The fourth-order valence-corrected chi connectivity index (χ4v) is 0.571. The van der Waals surface area contributed by atoms with Crippen LogP contribution in [-0.4, -0.2) is 10.2 Å². The van der Waals surface area contributed by atoms with Gasteiger partial charge in [0.05, 0.1) is 11.5 Å². The first kappa shape index (κ1) is 5.09. The zero-order chi connectivity index (χ0) is 5.98. The summed E-state index contributed by atoms with van der Waals surface area (Å²) in [6.45, 7) is 5.66. The first-order valence-corrected chi connectivity index (χ1v) is 2.49.